The summed E-state index contributed by atoms with van der Waals surface area (Å²) in [5.74, 6) is 0.0684. The van der Waals surface area contributed by atoms with Crippen LogP contribution in [0.5, 0.6) is 0 Å². The number of nitrogens with one attached hydrogen (secondary N) is 3. The number of hydrogen-bond acceptors (Lipinski definition) is 2. The number of nitrogens with two attached hydrogens (primary N) is 1. The van der Waals surface area contributed by atoms with Crippen LogP contribution in [-0.2, 0) is 0 Å². The summed E-state index contributed by atoms with van der Waals surface area (Å²) in [6, 6.07) is -0.260. The van der Waals surface area contributed by atoms with E-state index in [2.05, 4.69) is 10.6 Å². The lowest BCUT2D eigenvalue weighted by Gasteiger charge is -2.22. The molecule has 0 aliphatic rings. The number of hydrogen-bond donors (Lipinski definition) is 4. The van der Waals surface area contributed by atoms with Gasteiger partial charge in [0.1, 0.15) is 0 Å². The summed E-state index contributed by atoms with van der Waals surface area (Å²) >= 11 is 0. The first kappa shape index (κ1) is 10.7. The van der Waals surface area contributed by atoms with E-state index < -0.39 is 5.41 Å². The Hall–Kier alpha value is -1.26. The molecule has 0 saturated heterocycles. The fraction of sp³-hybridized carbons (Fsp3) is 0.714. The second kappa shape index (κ2) is 3.94. The molecule has 0 aromatic rings. The first-order chi connectivity index (χ1) is 5.40. The molecule has 0 aliphatic carbocycles. The van der Waals surface area contributed by atoms with Crippen LogP contribution in [0.25, 0.3) is 0 Å². The van der Waals surface area contributed by atoms with Crippen LogP contribution in [-0.4, -0.2) is 25.5 Å². The topological polar surface area (TPSA) is 91.0 Å². The molecule has 0 spiro atoms. The molecular formula is C7H16N4O. The Morgan fingerprint density at radius 1 is 1.58 bits per heavy atom. The molecule has 0 aromatic carbocycles. The van der Waals surface area contributed by atoms with E-state index in [0.29, 0.717) is 6.54 Å². The summed E-state index contributed by atoms with van der Waals surface area (Å²) in [5.41, 5.74) is 4.83. The van der Waals surface area contributed by atoms with E-state index in [4.69, 9.17) is 11.1 Å². The summed E-state index contributed by atoms with van der Waals surface area (Å²) in [5, 5.41) is 12.2. The summed E-state index contributed by atoms with van der Waals surface area (Å²) in [6.07, 6.45) is 0. The van der Waals surface area contributed by atoms with Crippen molar-refractivity contribution in [1.82, 2.24) is 10.6 Å². The van der Waals surface area contributed by atoms with Crippen LogP contribution in [0.4, 0.5) is 4.79 Å². The van der Waals surface area contributed by atoms with Gasteiger partial charge in [0.2, 0.25) is 0 Å². The fourth-order valence-electron chi connectivity index (χ4n) is 0.485. The SMILES string of the molecule is CNC(=O)NCC(C)(C)C(=N)N. The molecule has 70 valence electrons. The molecule has 0 atom stereocenters. The molecule has 0 aromatic heterocycles. The van der Waals surface area contributed by atoms with Gasteiger partial charge in [-0.2, -0.15) is 0 Å². The highest BCUT2D eigenvalue weighted by atomic mass is 16.2. The molecule has 0 heterocycles. The van der Waals surface area contributed by atoms with Gasteiger partial charge in [-0.3, -0.25) is 5.41 Å². The lowest BCUT2D eigenvalue weighted by atomic mass is 9.92. The van der Waals surface area contributed by atoms with Gasteiger partial charge in [0, 0.05) is 19.0 Å². The highest BCUT2D eigenvalue weighted by molar-refractivity contribution is 5.83. The van der Waals surface area contributed by atoms with Gasteiger partial charge < -0.3 is 16.4 Å². The Kier molecular flexibility index (Phi) is 3.53. The Morgan fingerprint density at radius 2 is 2.08 bits per heavy atom. The van der Waals surface area contributed by atoms with E-state index in [-0.39, 0.29) is 11.9 Å². The molecule has 12 heavy (non-hydrogen) atoms. The van der Waals surface area contributed by atoms with Gasteiger partial charge in [-0.25, -0.2) is 4.79 Å². The van der Waals surface area contributed by atoms with Gasteiger partial charge in [0.15, 0.2) is 0 Å². The molecule has 0 radical (unpaired) electrons. The van der Waals surface area contributed by atoms with Crippen molar-refractivity contribution in [3.63, 3.8) is 0 Å². The van der Waals surface area contributed by atoms with Crippen LogP contribution in [0.1, 0.15) is 13.8 Å². The van der Waals surface area contributed by atoms with Gasteiger partial charge in [0.25, 0.3) is 0 Å². The lowest BCUT2D eigenvalue weighted by molar-refractivity contribution is 0.240. The average molecular weight is 172 g/mol. The monoisotopic (exact) mass is 172 g/mol. The van der Waals surface area contributed by atoms with E-state index >= 15 is 0 Å². The normalized spacial score (nSPS) is 10.6. The predicted octanol–water partition coefficient (Wildman–Crippen LogP) is -0.122. The Balaban J connectivity index is 3.92. The standard InChI is InChI=1S/C7H16N4O/c1-7(2,5(8)9)4-11-6(12)10-3/h4H2,1-3H3,(H3,8,9)(H2,10,11,12). The summed E-state index contributed by atoms with van der Waals surface area (Å²) in [6.45, 7) is 3.96. The number of urea groups is 1. The largest absolute Gasteiger partial charge is 0.387 e. The number of amides is 2. The van der Waals surface area contributed by atoms with Gasteiger partial charge in [0.05, 0.1) is 5.84 Å². The summed E-state index contributed by atoms with van der Waals surface area (Å²) in [7, 11) is 1.54. The van der Waals surface area contributed by atoms with Gasteiger partial charge in [-0.1, -0.05) is 13.8 Å². The minimum absolute atomic E-state index is 0.0684. The molecule has 0 unspecified atom stereocenters. The smallest absolute Gasteiger partial charge is 0.314 e. The van der Waals surface area contributed by atoms with Crippen LogP contribution in [0.15, 0.2) is 0 Å². The molecule has 2 amide bonds. The zero-order valence-electron chi connectivity index (χ0n) is 7.69. The van der Waals surface area contributed by atoms with E-state index in [1.807, 2.05) is 0 Å². The number of rotatable bonds is 3. The molecule has 0 bridgehead atoms. The molecule has 0 saturated carbocycles. The fourth-order valence-corrected chi connectivity index (χ4v) is 0.485. The van der Waals surface area contributed by atoms with Crippen molar-refractivity contribution in [1.29, 1.82) is 5.41 Å². The molecule has 5 heteroatoms. The van der Waals surface area contributed by atoms with Crippen molar-refractivity contribution in [2.45, 2.75) is 13.8 Å². The van der Waals surface area contributed by atoms with E-state index in [1.165, 1.54) is 7.05 Å². The minimum Gasteiger partial charge on any atom is -0.387 e. The van der Waals surface area contributed by atoms with E-state index in [0.717, 1.165) is 0 Å². The van der Waals surface area contributed by atoms with Crippen LogP contribution in [0.3, 0.4) is 0 Å². The molecule has 5 N–H and O–H groups in total. The van der Waals surface area contributed by atoms with Crippen molar-refractivity contribution in [3.05, 3.63) is 0 Å². The van der Waals surface area contributed by atoms with Crippen molar-refractivity contribution in [2.24, 2.45) is 11.1 Å². The van der Waals surface area contributed by atoms with Gasteiger partial charge in [-0.05, 0) is 0 Å². The second-order valence-corrected chi connectivity index (χ2v) is 3.23. The van der Waals surface area contributed by atoms with Crippen LogP contribution in [0.2, 0.25) is 0 Å². The highest BCUT2D eigenvalue weighted by Crippen LogP contribution is 2.11. The molecule has 0 rings (SSSR count). The van der Waals surface area contributed by atoms with Crippen molar-refractivity contribution < 1.29 is 4.79 Å². The lowest BCUT2D eigenvalue weighted by Crippen LogP contribution is -2.44. The van der Waals surface area contributed by atoms with Gasteiger partial charge >= 0.3 is 6.03 Å². The maximum Gasteiger partial charge on any atom is 0.314 e. The molecule has 0 fully saturated rings. The third-order valence-corrected chi connectivity index (χ3v) is 1.65. The second-order valence-electron chi connectivity index (χ2n) is 3.23. The maximum absolute atomic E-state index is 10.7. The van der Waals surface area contributed by atoms with Crippen LogP contribution < -0.4 is 16.4 Å². The molecule has 0 aliphatic heterocycles. The van der Waals surface area contributed by atoms with Gasteiger partial charge in [-0.15, -0.1) is 0 Å². The van der Waals surface area contributed by atoms with Crippen LogP contribution >= 0.6 is 0 Å². The van der Waals surface area contributed by atoms with Crippen molar-refractivity contribution in [3.8, 4) is 0 Å². The third kappa shape index (κ3) is 3.23. The Morgan fingerprint density at radius 3 is 2.42 bits per heavy atom. The highest BCUT2D eigenvalue weighted by Gasteiger charge is 2.21. The zero-order chi connectivity index (χ0) is 9.78. The predicted molar refractivity (Wildman–Crippen MR) is 48.2 cm³/mol. The zero-order valence-corrected chi connectivity index (χ0v) is 7.69. The van der Waals surface area contributed by atoms with Crippen LogP contribution in [0, 0.1) is 10.8 Å². The number of carbonyl (C=O) groups is 1. The first-order valence-corrected chi connectivity index (χ1v) is 3.70. The first-order valence-electron chi connectivity index (χ1n) is 3.70. The number of amidine groups is 1. The van der Waals surface area contributed by atoms with Crippen molar-refractivity contribution >= 4 is 11.9 Å². The van der Waals surface area contributed by atoms with Crippen molar-refractivity contribution in [2.75, 3.05) is 13.6 Å². The molecular weight excluding hydrogens is 156 g/mol. The quantitative estimate of drug-likeness (QED) is 0.353. The third-order valence-electron chi connectivity index (χ3n) is 1.65. The molecule has 5 nitrogen and oxygen atoms in total. The summed E-state index contributed by atoms with van der Waals surface area (Å²) in [4.78, 5) is 10.7. The Bertz CT molecular complexity index is 188. The number of carbonyl (C=O) groups excluding carboxylic acids is 1. The average Bonchev–Trinajstić information content (AvgIpc) is 2.00. The van der Waals surface area contributed by atoms with E-state index in [9.17, 15) is 4.79 Å². The Labute approximate surface area is 72.2 Å². The maximum atomic E-state index is 10.7. The summed E-state index contributed by atoms with van der Waals surface area (Å²) < 4.78 is 0. The minimum atomic E-state index is -0.480. The van der Waals surface area contributed by atoms with E-state index in [1.54, 1.807) is 13.8 Å².